The molecule has 6 N–H and O–H groups in total. The minimum absolute atomic E-state index is 0. The van der Waals surface area contributed by atoms with E-state index in [0.29, 0.717) is 0 Å². The normalized spacial score (nSPS) is 13.5. The van der Waals surface area contributed by atoms with Crippen molar-refractivity contribution in [1.82, 2.24) is 5.32 Å². The lowest BCUT2D eigenvalue weighted by Crippen LogP contribution is -2.43. The molecule has 2 rings (SSSR count). The van der Waals surface area contributed by atoms with Gasteiger partial charge in [0.2, 0.25) is 5.91 Å². The number of rotatable bonds is 9. The third-order valence-electron chi connectivity index (χ3n) is 4.40. The van der Waals surface area contributed by atoms with E-state index >= 15 is 0 Å². The van der Waals surface area contributed by atoms with Crippen molar-refractivity contribution in [2.24, 2.45) is 11.5 Å². The maximum absolute atomic E-state index is 12.2. The largest absolute Gasteiger partial charge is 0.508 e. The van der Waals surface area contributed by atoms with Crippen LogP contribution in [0.4, 0.5) is 0 Å². The van der Waals surface area contributed by atoms with Gasteiger partial charge in [0, 0.05) is 0 Å². The van der Waals surface area contributed by atoms with E-state index in [0.717, 1.165) is 11.1 Å². The number of esters is 1. The Morgan fingerprint density at radius 2 is 1.59 bits per heavy atom. The second-order valence-electron chi connectivity index (χ2n) is 6.71. The van der Waals surface area contributed by atoms with E-state index in [1.165, 1.54) is 0 Å². The fraction of sp³-hybridized carbons (Fsp3) is 0.333. The molecule has 1 amide bonds. The SMILES string of the molecule is CC(NC(=O)[C@H](N)CC[C@H](N)C(=O)OCc1ccccc1)c1ccc(O)cc1.Cl. The van der Waals surface area contributed by atoms with Crippen LogP contribution in [0.5, 0.6) is 5.75 Å². The number of nitrogens with two attached hydrogens (primary N) is 2. The number of phenolic OH excluding ortho intramolecular Hbond substituents is 1. The number of benzene rings is 2. The van der Waals surface area contributed by atoms with E-state index in [2.05, 4.69) is 5.32 Å². The minimum Gasteiger partial charge on any atom is -0.508 e. The van der Waals surface area contributed by atoms with E-state index in [1.54, 1.807) is 24.3 Å². The van der Waals surface area contributed by atoms with Gasteiger partial charge in [-0.05, 0) is 43.0 Å². The molecule has 0 saturated heterocycles. The van der Waals surface area contributed by atoms with Gasteiger partial charge in [-0.25, -0.2) is 0 Å². The Kier molecular flexibility index (Phi) is 10.2. The second kappa shape index (κ2) is 12.1. The minimum atomic E-state index is -0.836. The third kappa shape index (κ3) is 8.11. The zero-order valence-electron chi connectivity index (χ0n) is 16.3. The van der Waals surface area contributed by atoms with Crippen LogP contribution < -0.4 is 16.8 Å². The number of amides is 1. The van der Waals surface area contributed by atoms with Crippen molar-refractivity contribution in [3.8, 4) is 5.75 Å². The zero-order chi connectivity index (χ0) is 20.5. The number of hydrogen-bond donors (Lipinski definition) is 4. The number of carbonyl (C=O) groups is 2. The van der Waals surface area contributed by atoms with Crippen molar-refractivity contribution in [2.45, 2.75) is 44.5 Å². The van der Waals surface area contributed by atoms with Crippen LogP contribution in [0.25, 0.3) is 0 Å². The Balaban J connectivity index is 0.00000420. The zero-order valence-corrected chi connectivity index (χ0v) is 17.1. The summed E-state index contributed by atoms with van der Waals surface area (Å²) in [6, 6.07) is 14.0. The highest BCUT2D eigenvalue weighted by atomic mass is 35.5. The van der Waals surface area contributed by atoms with Crippen molar-refractivity contribution in [3.63, 3.8) is 0 Å². The predicted molar refractivity (Wildman–Crippen MR) is 113 cm³/mol. The molecule has 158 valence electrons. The van der Waals surface area contributed by atoms with E-state index < -0.39 is 18.1 Å². The van der Waals surface area contributed by atoms with Gasteiger partial charge in [-0.1, -0.05) is 42.5 Å². The highest BCUT2D eigenvalue weighted by Crippen LogP contribution is 2.16. The van der Waals surface area contributed by atoms with Gasteiger partial charge in [0.15, 0.2) is 0 Å². The van der Waals surface area contributed by atoms with E-state index in [-0.39, 0.29) is 49.6 Å². The number of carbonyl (C=O) groups excluding carboxylic acids is 2. The highest BCUT2D eigenvalue weighted by Gasteiger charge is 2.21. The molecule has 0 heterocycles. The van der Waals surface area contributed by atoms with Crippen molar-refractivity contribution in [1.29, 1.82) is 0 Å². The van der Waals surface area contributed by atoms with Gasteiger partial charge in [-0.2, -0.15) is 0 Å². The fourth-order valence-electron chi connectivity index (χ4n) is 2.61. The first-order valence-corrected chi connectivity index (χ1v) is 9.18. The van der Waals surface area contributed by atoms with Crippen LogP contribution in [0.15, 0.2) is 54.6 Å². The highest BCUT2D eigenvalue weighted by molar-refractivity contribution is 5.85. The van der Waals surface area contributed by atoms with Crippen LogP contribution in [0.2, 0.25) is 0 Å². The van der Waals surface area contributed by atoms with Crippen LogP contribution in [0.3, 0.4) is 0 Å². The van der Waals surface area contributed by atoms with Gasteiger partial charge in [0.1, 0.15) is 18.4 Å². The molecular formula is C21H28ClN3O4. The fourth-order valence-corrected chi connectivity index (χ4v) is 2.61. The average molecular weight is 422 g/mol. The summed E-state index contributed by atoms with van der Waals surface area (Å²) in [7, 11) is 0. The molecule has 0 fully saturated rings. The lowest BCUT2D eigenvalue weighted by atomic mass is 10.0. The molecule has 0 spiro atoms. The quantitative estimate of drug-likeness (QED) is 0.459. The number of phenols is 1. The molecule has 0 aliphatic rings. The van der Waals surface area contributed by atoms with Crippen molar-refractivity contribution >= 4 is 24.3 Å². The molecule has 0 aromatic heterocycles. The molecule has 2 aromatic carbocycles. The maximum Gasteiger partial charge on any atom is 0.323 e. The Hall–Kier alpha value is -2.61. The smallest absolute Gasteiger partial charge is 0.323 e. The number of hydrogen-bond acceptors (Lipinski definition) is 6. The monoisotopic (exact) mass is 421 g/mol. The summed E-state index contributed by atoms with van der Waals surface area (Å²) in [6.07, 6.45) is 0.505. The van der Waals surface area contributed by atoms with E-state index in [4.69, 9.17) is 16.2 Å². The van der Waals surface area contributed by atoms with E-state index in [1.807, 2.05) is 37.3 Å². The first-order valence-electron chi connectivity index (χ1n) is 9.18. The summed E-state index contributed by atoms with van der Waals surface area (Å²) in [6.45, 7) is 1.98. The summed E-state index contributed by atoms with van der Waals surface area (Å²) in [5, 5.41) is 12.1. The van der Waals surface area contributed by atoms with Gasteiger partial charge in [0.05, 0.1) is 12.1 Å². The third-order valence-corrected chi connectivity index (χ3v) is 4.40. The summed E-state index contributed by atoms with van der Waals surface area (Å²) in [5.41, 5.74) is 13.5. The first kappa shape index (κ1) is 24.4. The average Bonchev–Trinajstić information content (AvgIpc) is 2.71. The summed E-state index contributed by atoms with van der Waals surface area (Å²) < 4.78 is 5.19. The van der Waals surface area contributed by atoms with Crippen molar-refractivity contribution in [3.05, 3.63) is 65.7 Å². The van der Waals surface area contributed by atoms with Crippen LogP contribution >= 0.6 is 12.4 Å². The Morgan fingerprint density at radius 3 is 2.21 bits per heavy atom. The molecule has 0 saturated carbocycles. The molecule has 1 unspecified atom stereocenters. The molecular weight excluding hydrogens is 394 g/mol. The molecule has 29 heavy (non-hydrogen) atoms. The molecule has 2 aromatic rings. The number of nitrogens with one attached hydrogen (secondary N) is 1. The van der Waals surface area contributed by atoms with Gasteiger partial charge in [-0.3, -0.25) is 9.59 Å². The lowest BCUT2D eigenvalue weighted by Gasteiger charge is -2.19. The van der Waals surface area contributed by atoms with Gasteiger partial charge >= 0.3 is 5.97 Å². The number of halogens is 1. The molecule has 0 aliphatic heterocycles. The predicted octanol–water partition coefficient (Wildman–Crippen LogP) is 2.17. The first-order chi connectivity index (χ1) is 13.4. The topological polar surface area (TPSA) is 128 Å². The van der Waals surface area contributed by atoms with Gasteiger partial charge < -0.3 is 26.6 Å². The summed E-state index contributed by atoms with van der Waals surface area (Å²) >= 11 is 0. The molecule has 7 nitrogen and oxygen atoms in total. The standard InChI is InChI=1S/C21H27N3O4.ClH/c1-14(16-7-9-17(25)10-8-16)24-20(26)18(22)11-12-19(23)21(27)28-13-15-5-3-2-4-6-15;/h2-10,14,18-19,25H,11-13,22-23H2,1H3,(H,24,26);1H/t14?,18-,19+;/m1./s1. The molecule has 0 aliphatic carbocycles. The second-order valence-corrected chi connectivity index (χ2v) is 6.71. The van der Waals surface area contributed by atoms with Crippen molar-refractivity contribution in [2.75, 3.05) is 0 Å². The number of aromatic hydroxyl groups is 1. The van der Waals surface area contributed by atoms with Crippen molar-refractivity contribution < 1.29 is 19.4 Å². The molecule has 0 radical (unpaired) electrons. The van der Waals surface area contributed by atoms with Crippen LogP contribution in [0, 0.1) is 0 Å². The van der Waals surface area contributed by atoms with Gasteiger partial charge in [-0.15, -0.1) is 12.4 Å². The lowest BCUT2D eigenvalue weighted by molar-refractivity contribution is -0.146. The Bertz CT molecular complexity index is 771. The van der Waals surface area contributed by atoms with Crippen LogP contribution in [-0.2, 0) is 20.9 Å². The summed E-state index contributed by atoms with van der Waals surface area (Å²) in [4.78, 5) is 24.2. The Morgan fingerprint density at radius 1 is 1.00 bits per heavy atom. The summed E-state index contributed by atoms with van der Waals surface area (Å²) in [5.74, 6) is -0.688. The van der Waals surface area contributed by atoms with Crippen LogP contribution in [-0.4, -0.2) is 29.1 Å². The molecule has 3 atom stereocenters. The molecule has 0 bridgehead atoms. The number of ether oxygens (including phenoxy) is 1. The molecule has 8 heteroatoms. The Labute approximate surface area is 176 Å². The van der Waals surface area contributed by atoms with Gasteiger partial charge in [0.25, 0.3) is 0 Å². The van der Waals surface area contributed by atoms with Crippen LogP contribution in [0.1, 0.15) is 36.9 Å². The van der Waals surface area contributed by atoms with E-state index in [9.17, 15) is 14.7 Å². The maximum atomic E-state index is 12.2.